The van der Waals surface area contributed by atoms with Gasteiger partial charge in [-0.2, -0.15) is 13.2 Å². The molecule has 2 rings (SSSR count). The van der Waals surface area contributed by atoms with Gasteiger partial charge in [0.15, 0.2) is 0 Å². The molecule has 0 aliphatic carbocycles. The average Bonchev–Trinajstić information content (AvgIpc) is 3.00. The van der Waals surface area contributed by atoms with Gasteiger partial charge < -0.3 is 10.4 Å². The maximum Gasteiger partial charge on any atom is 0.416 e. The molecule has 0 fully saturated rings. The zero-order chi connectivity index (χ0) is 17.0. The number of hydrogen-bond acceptors (Lipinski definition) is 3. The van der Waals surface area contributed by atoms with Gasteiger partial charge in [-0.25, -0.2) is 0 Å². The summed E-state index contributed by atoms with van der Waals surface area (Å²) in [5.74, 6) is -0.331. The molecule has 7 heteroatoms. The summed E-state index contributed by atoms with van der Waals surface area (Å²) in [7, 11) is 0. The van der Waals surface area contributed by atoms with Crippen LogP contribution in [-0.4, -0.2) is 17.6 Å². The Kier molecular flexibility index (Phi) is 5.43. The summed E-state index contributed by atoms with van der Waals surface area (Å²) in [6, 6.07) is 6.31. The van der Waals surface area contributed by atoms with E-state index in [9.17, 15) is 23.1 Å². The number of carbonyl (C=O) groups is 1. The van der Waals surface area contributed by atoms with Crippen molar-refractivity contribution in [2.75, 3.05) is 6.54 Å². The van der Waals surface area contributed by atoms with Crippen LogP contribution in [0.1, 0.15) is 39.4 Å². The Bertz CT molecular complexity index is 682. The van der Waals surface area contributed by atoms with Crippen molar-refractivity contribution in [2.24, 2.45) is 0 Å². The Hall–Kier alpha value is -1.86. The number of nitrogens with one attached hydrogen (secondary N) is 1. The summed E-state index contributed by atoms with van der Waals surface area (Å²) in [6.45, 7) is 1.78. The zero-order valence-electron chi connectivity index (χ0n) is 12.4. The van der Waals surface area contributed by atoms with E-state index in [1.54, 1.807) is 5.38 Å². The molecule has 0 spiro atoms. The first-order valence-electron chi connectivity index (χ1n) is 7.02. The molecule has 2 aromatic rings. The normalized spacial score (nSPS) is 12.9. The Morgan fingerprint density at radius 2 is 2.09 bits per heavy atom. The molecular formula is C16H16F3NO2S. The van der Waals surface area contributed by atoms with Crippen molar-refractivity contribution in [2.45, 2.75) is 25.6 Å². The number of aliphatic hydroxyl groups is 1. The van der Waals surface area contributed by atoms with Crippen molar-refractivity contribution in [3.8, 4) is 0 Å². The lowest BCUT2D eigenvalue weighted by molar-refractivity contribution is -0.137. The third kappa shape index (κ3) is 4.33. The van der Waals surface area contributed by atoms with E-state index in [1.165, 1.54) is 23.5 Å². The molecule has 0 bridgehead atoms. The number of carbonyl (C=O) groups excluding carboxylic acids is 1. The number of aliphatic hydroxyl groups excluding tert-OH is 1. The predicted octanol–water partition coefficient (Wildman–Crippen LogP) is 3.79. The molecule has 3 nitrogen and oxygen atoms in total. The second-order valence-electron chi connectivity index (χ2n) is 4.98. The summed E-state index contributed by atoms with van der Waals surface area (Å²) < 4.78 is 38.0. The van der Waals surface area contributed by atoms with Gasteiger partial charge >= 0.3 is 6.18 Å². The smallest absolute Gasteiger partial charge is 0.387 e. The van der Waals surface area contributed by atoms with Crippen molar-refractivity contribution in [3.05, 3.63) is 57.3 Å². The number of aryl methyl sites for hydroxylation is 1. The van der Waals surface area contributed by atoms with Gasteiger partial charge in [0.1, 0.15) is 0 Å². The topological polar surface area (TPSA) is 49.3 Å². The lowest BCUT2D eigenvalue weighted by atomic mass is 10.1. The van der Waals surface area contributed by atoms with E-state index in [2.05, 4.69) is 5.32 Å². The second kappa shape index (κ2) is 7.14. The molecule has 1 aromatic carbocycles. The molecule has 1 amide bonds. The first-order chi connectivity index (χ1) is 10.8. The molecule has 0 radical (unpaired) electrons. The van der Waals surface area contributed by atoms with Crippen LogP contribution in [0.15, 0.2) is 35.7 Å². The standard InChI is InChI=1S/C16H16F3NO2S/c1-2-10-6-7-23-14(10)15(22)20-9-13(21)11-4-3-5-12(8-11)16(17,18)19/h3-8,13,21H,2,9H2,1H3,(H,20,22). The molecule has 1 atom stereocenters. The van der Waals surface area contributed by atoms with Gasteiger partial charge in [-0.15, -0.1) is 11.3 Å². The Morgan fingerprint density at radius 1 is 1.35 bits per heavy atom. The van der Waals surface area contributed by atoms with Crippen molar-refractivity contribution < 1.29 is 23.1 Å². The van der Waals surface area contributed by atoms with Crippen LogP contribution in [0.3, 0.4) is 0 Å². The van der Waals surface area contributed by atoms with Gasteiger partial charge in [0.25, 0.3) is 5.91 Å². The average molecular weight is 343 g/mol. The highest BCUT2D eigenvalue weighted by atomic mass is 32.1. The number of thiophene rings is 1. The minimum Gasteiger partial charge on any atom is -0.387 e. The maximum atomic E-state index is 12.7. The fourth-order valence-electron chi connectivity index (χ4n) is 2.12. The van der Waals surface area contributed by atoms with Crippen LogP contribution in [0.2, 0.25) is 0 Å². The van der Waals surface area contributed by atoms with Crippen LogP contribution in [0.4, 0.5) is 13.2 Å². The molecule has 0 saturated carbocycles. The van der Waals surface area contributed by atoms with E-state index >= 15 is 0 Å². The first-order valence-corrected chi connectivity index (χ1v) is 7.90. The van der Waals surface area contributed by atoms with Gasteiger partial charge in [-0.1, -0.05) is 19.1 Å². The van der Waals surface area contributed by atoms with Gasteiger partial charge in [-0.05, 0) is 41.1 Å². The number of halogens is 3. The molecule has 23 heavy (non-hydrogen) atoms. The Balaban J connectivity index is 2.02. The maximum absolute atomic E-state index is 12.7. The first kappa shape index (κ1) is 17.5. The zero-order valence-corrected chi connectivity index (χ0v) is 13.2. The predicted molar refractivity (Wildman–Crippen MR) is 82.4 cm³/mol. The highest BCUT2D eigenvalue weighted by Gasteiger charge is 2.30. The van der Waals surface area contributed by atoms with E-state index in [1.807, 2.05) is 13.0 Å². The monoisotopic (exact) mass is 343 g/mol. The third-order valence-electron chi connectivity index (χ3n) is 3.39. The molecule has 2 N–H and O–H groups in total. The summed E-state index contributed by atoms with van der Waals surface area (Å²) in [4.78, 5) is 12.6. The van der Waals surface area contributed by atoms with Gasteiger partial charge in [0.05, 0.1) is 16.5 Å². The highest BCUT2D eigenvalue weighted by Crippen LogP contribution is 2.30. The van der Waals surface area contributed by atoms with Crippen LogP contribution in [0, 0.1) is 0 Å². The molecule has 0 aliphatic rings. The van der Waals surface area contributed by atoms with E-state index in [0.29, 0.717) is 11.3 Å². The molecule has 1 heterocycles. The fraction of sp³-hybridized carbons (Fsp3) is 0.312. The molecule has 1 aromatic heterocycles. The molecule has 0 saturated heterocycles. The summed E-state index contributed by atoms with van der Waals surface area (Å²) in [6.07, 6.45) is -4.96. The van der Waals surface area contributed by atoms with E-state index in [0.717, 1.165) is 17.7 Å². The van der Waals surface area contributed by atoms with Crippen molar-refractivity contribution in [3.63, 3.8) is 0 Å². The van der Waals surface area contributed by atoms with Crippen molar-refractivity contribution in [1.29, 1.82) is 0 Å². The second-order valence-corrected chi connectivity index (χ2v) is 5.89. The molecule has 0 aliphatic heterocycles. The van der Waals surface area contributed by atoms with Gasteiger partial charge in [0, 0.05) is 6.54 Å². The van der Waals surface area contributed by atoms with Crippen molar-refractivity contribution >= 4 is 17.2 Å². The molecule has 124 valence electrons. The van der Waals surface area contributed by atoms with Crippen LogP contribution in [-0.2, 0) is 12.6 Å². The van der Waals surface area contributed by atoms with Crippen molar-refractivity contribution in [1.82, 2.24) is 5.32 Å². The van der Waals surface area contributed by atoms with E-state index in [4.69, 9.17) is 0 Å². The fourth-order valence-corrected chi connectivity index (χ4v) is 3.03. The highest BCUT2D eigenvalue weighted by molar-refractivity contribution is 7.12. The number of alkyl halides is 3. The van der Waals surface area contributed by atoms with Crippen LogP contribution >= 0.6 is 11.3 Å². The van der Waals surface area contributed by atoms with Crippen LogP contribution in [0.25, 0.3) is 0 Å². The largest absolute Gasteiger partial charge is 0.416 e. The van der Waals surface area contributed by atoms with E-state index < -0.39 is 17.8 Å². The number of rotatable bonds is 5. The molecule has 1 unspecified atom stereocenters. The minimum atomic E-state index is -4.47. The summed E-state index contributed by atoms with van der Waals surface area (Å²) in [5.41, 5.74) is 0.190. The van der Waals surface area contributed by atoms with Gasteiger partial charge in [0.2, 0.25) is 0 Å². The third-order valence-corrected chi connectivity index (χ3v) is 4.34. The SMILES string of the molecule is CCc1ccsc1C(=O)NCC(O)c1cccc(C(F)(F)F)c1. The summed E-state index contributed by atoms with van der Waals surface area (Å²) >= 11 is 1.29. The van der Waals surface area contributed by atoms with Gasteiger partial charge in [-0.3, -0.25) is 4.79 Å². The van der Waals surface area contributed by atoms with Crippen LogP contribution in [0.5, 0.6) is 0 Å². The lowest BCUT2D eigenvalue weighted by Crippen LogP contribution is -2.28. The molecular weight excluding hydrogens is 327 g/mol. The quantitative estimate of drug-likeness (QED) is 0.868. The Labute approximate surface area is 135 Å². The summed E-state index contributed by atoms with van der Waals surface area (Å²) in [5, 5.41) is 14.4. The number of benzene rings is 1. The van der Waals surface area contributed by atoms with Crippen LogP contribution < -0.4 is 5.32 Å². The lowest BCUT2D eigenvalue weighted by Gasteiger charge is -2.14. The van der Waals surface area contributed by atoms with E-state index in [-0.39, 0.29) is 18.0 Å². The minimum absolute atomic E-state index is 0.113. The Morgan fingerprint density at radius 3 is 2.74 bits per heavy atom. The number of amides is 1. The number of hydrogen-bond donors (Lipinski definition) is 2.